The molecule has 3 aliphatic heterocycles. The van der Waals surface area contributed by atoms with E-state index in [2.05, 4.69) is 28.4 Å². The largest absolute Gasteiger partial charge is 0.348 e. The van der Waals surface area contributed by atoms with Crippen molar-refractivity contribution in [3.8, 4) is 11.1 Å². The summed E-state index contributed by atoms with van der Waals surface area (Å²) in [6.07, 6.45) is 6.37. The molecule has 1 atom stereocenters. The van der Waals surface area contributed by atoms with E-state index in [-0.39, 0.29) is 5.91 Å². The third-order valence-corrected chi connectivity index (χ3v) is 5.95. The summed E-state index contributed by atoms with van der Waals surface area (Å²) in [6, 6.07) is 16.8. The number of carbonyl (C=O) groups excluding carboxylic acids is 1. The van der Waals surface area contributed by atoms with Crippen LogP contribution >= 0.6 is 0 Å². The summed E-state index contributed by atoms with van der Waals surface area (Å²) < 4.78 is 2.05. The third kappa shape index (κ3) is 2.71. The maximum absolute atomic E-state index is 12.9. The van der Waals surface area contributed by atoms with Gasteiger partial charge in [0.15, 0.2) is 0 Å². The summed E-state index contributed by atoms with van der Waals surface area (Å²) in [5.74, 6) is 0.687. The summed E-state index contributed by atoms with van der Waals surface area (Å²) in [4.78, 5) is 15.3. The van der Waals surface area contributed by atoms with Crippen LogP contribution < -0.4 is 5.32 Å². The van der Waals surface area contributed by atoms with Crippen molar-refractivity contribution >= 4 is 11.4 Å². The first kappa shape index (κ1) is 15.6. The number of nitrogens with one attached hydrogen (secondary N) is 1. The lowest BCUT2D eigenvalue weighted by Crippen LogP contribution is -2.57. The Morgan fingerprint density at radius 3 is 2.58 bits per heavy atom. The number of hydrogen-bond donors (Lipinski definition) is 1. The number of hydrogen-bond acceptors (Lipinski definition) is 2. The van der Waals surface area contributed by atoms with Crippen LogP contribution in [0.4, 0.5) is 0 Å². The van der Waals surface area contributed by atoms with Gasteiger partial charge >= 0.3 is 0 Å². The van der Waals surface area contributed by atoms with Crippen molar-refractivity contribution in [3.05, 3.63) is 66.5 Å². The molecule has 1 amide bonds. The van der Waals surface area contributed by atoms with Crippen molar-refractivity contribution in [1.82, 2.24) is 14.6 Å². The van der Waals surface area contributed by atoms with Crippen LogP contribution in [0.15, 0.2) is 60.9 Å². The number of carbonyl (C=O) groups is 1. The lowest BCUT2D eigenvalue weighted by atomic mass is 9.84. The second kappa shape index (κ2) is 6.29. The highest BCUT2D eigenvalue weighted by Crippen LogP contribution is 2.29. The van der Waals surface area contributed by atoms with Crippen molar-refractivity contribution < 1.29 is 4.79 Å². The van der Waals surface area contributed by atoms with E-state index in [1.807, 2.05) is 47.1 Å². The zero-order valence-corrected chi connectivity index (χ0v) is 14.8. The Morgan fingerprint density at radius 1 is 1.04 bits per heavy atom. The molecule has 4 nitrogen and oxygen atoms in total. The summed E-state index contributed by atoms with van der Waals surface area (Å²) in [5.41, 5.74) is 4.12. The van der Waals surface area contributed by atoms with Crippen molar-refractivity contribution in [2.45, 2.75) is 18.9 Å². The Hall–Kier alpha value is -2.59. The van der Waals surface area contributed by atoms with E-state index < -0.39 is 0 Å². The molecule has 6 rings (SSSR count). The predicted octanol–water partition coefficient (Wildman–Crippen LogP) is 3.43. The monoisotopic (exact) mass is 345 g/mol. The van der Waals surface area contributed by atoms with E-state index in [0.717, 1.165) is 23.2 Å². The van der Waals surface area contributed by atoms with Crippen LogP contribution in [0.1, 0.15) is 23.2 Å². The van der Waals surface area contributed by atoms with Gasteiger partial charge in [-0.05, 0) is 49.5 Å². The van der Waals surface area contributed by atoms with Gasteiger partial charge in [0.1, 0.15) is 0 Å². The van der Waals surface area contributed by atoms with Crippen molar-refractivity contribution in [1.29, 1.82) is 0 Å². The molecule has 1 N–H and O–H groups in total. The first-order valence-corrected chi connectivity index (χ1v) is 9.47. The minimum absolute atomic E-state index is 0.0476. The molecule has 2 bridgehead atoms. The minimum atomic E-state index is 0.0476. The average Bonchev–Trinajstić information content (AvgIpc) is 3.14. The molecular weight excluding hydrogens is 322 g/mol. The zero-order chi connectivity index (χ0) is 17.5. The predicted molar refractivity (Wildman–Crippen MR) is 103 cm³/mol. The number of amides is 1. The maximum atomic E-state index is 12.9. The van der Waals surface area contributed by atoms with E-state index in [0.29, 0.717) is 12.0 Å². The zero-order valence-electron chi connectivity index (χ0n) is 14.8. The molecule has 5 heterocycles. The SMILES string of the molecule is O=C(NC1CN2CCC1CC2)c1cc2c(-c3ccccc3)cccn2c1. The van der Waals surface area contributed by atoms with Crippen molar-refractivity contribution in [2.24, 2.45) is 5.92 Å². The lowest BCUT2D eigenvalue weighted by molar-refractivity contribution is 0.0620. The van der Waals surface area contributed by atoms with Gasteiger partial charge < -0.3 is 14.6 Å². The summed E-state index contributed by atoms with van der Waals surface area (Å²) in [6.45, 7) is 3.38. The van der Waals surface area contributed by atoms with Crippen LogP contribution in [0.2, 0.25) is 0 Å². The van der Waals surface area contributed by atoms with E-state index in [1.54, 1.807) is 0 Å². The first-order chi connectivity index (χ1) is 12.8. The van der Waals surface area contributed by atoms with Gasteiger partial charge in [-0.15, -0.1) is 0 Å². The minimum Gasteiger partial charge on any atom is -0.348 e. The van der Waals surface area contributed by atoms with Gasteiger partial charge in [-0.3, -0.25) is 4.79 Å². The Kier molecular flexibility index (Phi) is 3.79. The van der Waals surface area contributed by atoms with Crippen LogP contribution in [0, 0.1) is 5.92 Å². The van der Waals surface area contributed by atoms with Crippen LogP contribution in [-0.4, -0.2) is 40.9 Å². The number of piperidine rings is 3. The van der Waals surface area contributed by atoms with Gasteiger partial charge in [0.25, 0.3) is 5.91 Å². The Morgan fingerprint density at radius 2 is 1.85 bits per heavy atom. The van der Waals surface area contributed by atoms with Gasteiger partial charge in [-0.25, -0.2) is 0 Å². The van der Waals surface area contributed by atoms with E-state index >= 15 is 0 Å². The smallest absolute Gasteiger partial charge is 0.253 e. The van der Waals surface area contributed by atoms with Gasteiger partial charge in [0.05, 0.1) is 11.1 Å². The van der Waals surface area contributed by atoms with Crippen LogP contribution in [-0.2, 0) is 0 Å². The molecule has 3 aromatic rings. The normalized spacial score (nSPS) is 24.7. The molecule has 3 saturated heterocycles. The van der Waals surface area contributed by atoms with Gasteiger partial charge in [-0.2, -0.15) is 0 Å². The fourth-order valence-electron chi connectivity index (χ4n) is 4.50. The van der Waals surface area contributed by atoms with Gasteiger partial charge in [-0.1, -0.05) is 36.4 Å². The topological polar surface area (TPSA) is 36.8 Å². The van der Waals surface area contributed by atoms with Gasteiger partial charge in [0, 0.05) is 30.5 Å². The molecule has 0 spiro atoms. The highest BCUT2D eigenvalue weighted by molar-refractivity contribution is 5.97. The number of rotatable bonds is 3. The molecule has 0 radical (unpaired) electrons. The summed E-state index contributed by atoms with van der Waals surface area (Å²) in [5, 5.41) is 3.29. The molecule has 1 unspecified atom stereocenters. The molecule has 2 aromatic heterocycles. The van der Waals surface area contributed by atoms with Gasteiger partial charge in [0.2, 0.25) is 0 Å². The number of nitrogens with zero attached hydrogens (tertiary/aromatic N) is 2. The number of pyridine rings is 1. The molecular formula is C22H23N3O. The van der Waals surface area contributed by atoms with E-state index in [4.69, 9.17) is 0 Å². The molecule has 0 saturated carbocycles. The second-order valence-corrected chi connectivity index (χ2v) is 7.53. The fraction of sp³-hybridized carbons (Fsp3) is 0.318. The van der Waals surface area contributed by atoms with Crippen molar-refractivity contribution in [3.63, 3.8) is 0 Å². The molecule has 0 aliphatic carbocycles. The van der Waals surface area contributed by atoms with E-state index in [9.17, 15) is 4.79 Å². The molecule has 3 fully saturated rings. The number of fused-ring (bicyclic) bond motifs is 4. The maximum Gasteiger partial charge on any atom is 0.253 e. The lowest BCUT2D eigenvalue weighted by Gasteiger charge is -2.44. The summed E-state index contributed by atoms with van der Waals surface area (Å²) >= 11 is 0. The second-order valence-electron chi connectivity index (χ2n) is 7.53. The molecule has 132 valence electrons. The van der Waals surface area contributed by atoms with Crippen LogP contribution in [0.25, 0.3) is 16.6 Å². The number of aromatic nitrogens is 1. The van der Waals surface area contributed by atoms with E-state index in [1.165, 1.54) is 31.5 Å². The highest BCUT2D eigenvalue weighted by Gasteiger charge is 2.35. The molecule has 3 aliphatic rings. The molecule has 4 heteroatoms. The fourth-order valence-corrected chi connectivity index (χ4v) is 4.50. The quantitative estimate of drug-likeness (QED) is 0.790. The Labute approximate surface area is 153 Å². The highest BCUT2D eigenvalue weighted by atomic mass is 16.1. The molecule has 1 aromatic carbocycles. The van der Waals surface area contributed by atoms with Crippen LogP contribution in [0.3, 0.4) is 0 Å². The number of benzene rings is 1. The summed E-state index contributed by atoms with van der Waals surface area (Å²) in [7, 11) is 0. The third-order valence-electron chi connectivity index (χ3n) is 5.95. The van der Waals surface area contributed by atoms with Crippen LogP contribution in [0.5, 0.6) is 0 Å². The van der Waals surface area contributed by atoms with Crippen molar-refractivity contribution in [2.75, 3.05) is 19.6 Å². The standard InChI is InChI=1S/C22H23N3O/c26-22(23-20-15-24-11-8-17(20)9-12-24)18-13-21-19(7-4-10-25(21)14-18)16-5-2-1-3-6-16/h1-7,10,13-14,17,20H,8-9,11-12,15H2,(H,23,26). The first-order valence-electron chi connectivity index (χ1n) is 9.47. The Balaban J connectivity index is 1.44. The Bertz CT molecular complexity index is 938. The molecule has 26 heavy (non-hydrogen) atoms. The average molecular weight is 345 g/mol.